The van der Waals surface area contributed by atoms with E-state index in [0.29, 0.717) is 12.1 Å². The minimum absolute atomic E-state index is 0.0398. The van der Waals surface area contributed by atoms with Gasteiger partial charge in [-0.15, -0.1) is 0 Å². The number of rotatable bonds is 4. The van der Waals surface area contributed by atoms with Crippen LogP contribution < -0.4 is 15.4 Å². The largest absolute Gasteiger partial charge is 0.324 e. The maximum atomic E-state index is 12.2. The van der Waals surface area contributed by atoms with Gasteiger partial charge in [0.1, 0.15) is 6.42 Å². The Morgan fingerprint density at radius 1 is 1.19 bits per heavy atom. The first-order chi connectivity index (χ1) is 9.81. The highest BCUT2D eigenvalue weighted by molar-refractivity contribution is 7.89. The van der Waals surface area contributed by atoms with Crippen LogP contribution in [0.4, 0.5) is 11.4 Å². The first-order valence-electron chi connectivity index (χ1n) is 6.58. The summed E-state index contributed by atoms with van der Waals surface area (Å²) in [4.78, 5) is 23.0. The molecule has 1 heterocycles. The highest BCUT2D eigenvalue weighted by Crippen LogP contribution is 2.27. The molecule has 0 aliphatic carbocycles. The lowest BCUT2D eigenvalue weighted by Gasteiger charge is -2.14. The first kappa shape index (κ1) is 15.5. The summed E-state index contributed by atoms with van der Waals surface area (Å²) in [7, 11) is -3.66. The maximum Gasteiger partial charge on any atom is 0.240 e. The van der Waals surface area contributed by atoms with Crippen molar-refractivity contribution in [3.8, 4) is 0 Å². The van der Waals surface area contributed by atoms with Crippen molar-refractivity contribution >= 4 is 33.2 Å². The van der Waals surface area contributed by atoms with Crippen LogP contribution in [-0.4, -0.2) is 26.3 Å². The Bertz CT molecular complexity index is 685. The third-order valence-electron chi connectivity index (χ3n) is 3.14. The summed E-state index contributed by atoms with van der Waals surface area (Å²) in [6.45, 7) is 3.64. The van der Waals surface area contributed by atoms with Crippen LogP contribution in [0.25, 0.3) is 0 Å². The maximum absolute atomic E-state index is 12.2. The van der Waals surface area contributed by atoms with E-state index in [4.69, 9.17) is 0 Å². The topological polar surface area (TPSA) is 104 Å². The van der Waals surface area contributed by atoms with Crippen LogP contribution >= 0.6 is 0 Å². The zero-order valence-corrected chi connectivity index (χ0v) is 12.6. The van der Waals surface area contributed by atoms with E-state index in [9.17, 15) is 18.0 Å². The lowest BCUT2D eigenvalue weighted by molar-refractivity contribution is -0.123. The van der Waals surface area contributed by atoms with Crippen LogP contribution in [-0.2, 0) is 19.6 Å². The molecular formula is C13H17N3O4S. The van der Waals surface area contributed by atoms with E-state index in [2.05, 4.69) is 15.4 Å². The summed E-state index contributed by atoms with van der Waals surface area (Å²) in [5, 5.41) is 5.06. The Morgan fingerprint density at radius 2 is 1.81 bits per heavy atom. The molecule has 3 N–H and O–H groups in total. The Kier molecular flexibility index (Phi) is 4.29. The fourth-order valence-corrected chi connectivity index (χ4v) is 3.21. The molecule has 0 radical (unpaired) electrons. The second-order valence-electron chi connectivity index (χ2n) is 4.91. The van der Waals surface area contributed by atoms with Crippen molar-refractivity contribution < 1.29 is 18.0 Å². The molecular weight excluding hydrogens is 294 g/mol. The van der Waals surface area contributed by atoms with Crippen molar-refractivity contribution in [3.05, 3.63) is 18.2 Å². The highest BCUT2D eigenvalue weighted by Gasteiger charge is 2.22. The van der Waals surface area contributed by atoms with Gasteiger partial charge in [-0.3, -0.25) is 9.59 Å². The SMILES string of the molecule is CCC(C)NS(=O)(=O)c1ccc2c(c1)NC(=O)CC(=O)N2. The van der Waals surface area contributed by atoms with Crippen molar-refractivity contribution in [3.63, 3.8) is 0 Å². The van der Waals surface area contributed by atoms with Gasteiger partial charge in [0.25, 0.3) is 0 Å². The van der Waals surface area contributed by atoms with Crippen LogP contribution in [0.15, 0.2) is 23.1 Å². The van der Waals surface area contributed by atoms with Gasteiger partial charge in [0, 0.05) is 6.04 Å². The molecule has 0 spiro atoms. The van der Waals surface area contributed by atoms with Gasteiger partial charge in [0.2, 0.25) is 21.8 Å². The number of hydrogen-bond donors (Lipinski definition) is 3. The second kappa shape index (κ2) is 5.82. The third kappa shape index (κ3) is 3.59. The summed E-state index contributed by atoms with van der Waals surface area (Å²) in [5.74, 6) is -0.907. The minimum Gasteiger partial charge on any atom is -0.324 e. The standard InChI is InChI=1S/C13H17N3O4S/c1-3-8(2)16-21(19,20)9-4-5-10-11(6-9)15-13(18)7-12(17)14-10/h4-6,8,16H,3,7H2,1-2H3,(H,14,17)(H,15,18). The molecule has 1 atom stereocenters. The molecule has 0 saturated carbocycles. The normalized spacial score (nSPS) is 16.5. The molecule has 1 aliphatic heterocycles. The van der Waals surface area contributed by atoms with Gasteiger partial charge < -0.3 is 10.6 Å². The van der Waals surface area contributed by atoms with Gasteiger partial charge in [-0.1, -0.05) is 6.92 Å². The van der Waals surface area contributed by atoms with Crippen LogP contribution in [0, 0.1) is 0 Å². The van der Waals surface area contributed by atoms with Crippen LogP contribution in [0.5, 0.6) is 0 Å². The molecule has 7 nitrogen and oxygen atoms in total. The molecule has 2 rings (SSSR count). The van der Waals surface area contributed by atoms with Crippen molar-refractivity contribution in [2.24, 2.45) is 0 Å². The summed E-state index contributed by atoms with van der Waals surface area (Å²) in [5.41, 5.74) is 0.659. The average molecular weight is 311 g/mol. The lowest BCUT2D eigenvalue weighted by atomic mass is 10.2. The summed E-state index contributed by atoms with van der Waals surface area (Å²) in [6.07, 6.45) is 0.374. The van der Waals surface area contributed by atoms with E-state index < -0.39 is 21.8 Å². The summed E-state index contributed by atoms with van der Waals surface area (Å²) < 4.78 is 27.0. The number of fused-ring (bicyclic) bond motifs is 1. The van der Waals surface area contributed by atoms with Gasteiger partial charge in [-0.2, -0.15) is 0 Å². The number of nitrogens with one attached hydrogen (secondary N) is 3. The summed E-state index contributed by atoms with van der Waals surface area (Å²) >= 11 is 0. The fraction of sp³-hybridized carbons (Fsp3) is 0.385. The molecule has 0 aromatic heterocycles. The lowest BCUT2D eigenvalue weighted by Crippen LogP contribution is -2.32. The molecule has 1 unspecified atom stereocenters. The number of carbonyl (C=O) groups excluding carboxylic acids is 2. The molecule has 21 heavy (non-hydrogen) atoms. The van der Waals surface area contributed by atoms with Crippen LogP contribution in [0.2, 0.25) is 0 Å². The number of carbonyl (C=O) groups is 2. The number of benzene rings is 1. The van der Waals surface area contributed by atoms with Gasteiger partial charge in [-0.25, -0.2) is 13.1 Å². The number of amides is 2. The van der Waals surface area contributed by atoms with Crippen molar-refractivity contribution in [1.82, 2.24) is 4.72 Å². The van der Waals surface area contributed by atoms with Crippen LogP contribution in [0.3, 0.4) is 0 Å². The zero-order valence-electron chi connectivity index (χ0n) is 11.8. The highest BCUT2D eigenvalue weighted by atomic mass is 32.2. The molecule has 1 aromatic carbocycles. The Labute approximate surface area is 123 Å². The molecule has 1 aliphatic rings. The van der Waals surface area contributed by atoms with Crippen molar-refractivity contribution in [2.45, 2.75) is 37.6 Å². The van der Waals surface area contributed by atoms with E-state index in [0.717, 1.165) is 0 Å². The molecule has 8 heteroatoms. The van der Waals surface area contributed by atoms with E-state index in [1.54, 1.807) is 6.92 Å². The Hall–Kier alpha value is -1.93. The third-order valence-corrected chi connectivity index (χ3v) is 4.73. The monoisotopic (exact) mass is 311 g/mol. The zero-order chi connectivity index (χ0) is 15.6. The average Bonchev–Trinajstić information content (AvgIpc) is 2.53. The first-order valence-corrected chi connectivity index (χ1v) is 8.06. The second-order valence-corrected chi connectivity index (χ2v) is 6.63. The van der Waals surface area contributed by atoms with Gasteiger partial charge in [0.15, 0.2) is 0 Å². The molecule has 2 amide bonds. The van der Waals surface area contributed by atoms with Gasteiger partial charge in [-0.05, 0) is 31.5 Å². The Morgan fingerprint density at radius 3 is 2.43 bits per heavy atom. The van der Waals surface area contributed by atoms with E-state index >= 15 is 0 Å². The smallest absolute Gasteiger partial charge is 0.240 e. The van der Waals surface area contributed by atoms with Crippen molar-refractivity contribution in [2.75, 3.05) is 10.6 Å². The molecule has 0 fully saturated rings. The minimum atomic E-state index is -3.66. The van der Waals surface area contributed by atoms with E-state index in [1.807, 2.05) is 6.92 Å². The Balaban J connectivity index is 2.37. The molecule has 0 bridgehead atoms. The van der Waals surface area contributed by atoms with Gasteiger partial charge in [0.05, 0.1) is 16.3 Å². The predicted molar refractivity (Wildman–Crippen MR) is 78.4 cm³/mol. The predicted octanol–water partition coefficient (Wildman–Crippen LogP) is 1.04. The quantitative estimate of drug-likeness (QED) is 0.723. The fourth-order valence-electron chi connectivity index (χ4n) is 1.85. The van der Waals surface area contributed by atoms with E-state index in [-0.39, 0.29) is 23.0 Å². The molecule has 1 aromatic rings. The number of hydrogen-bond acceptors (Lipinski definition) is 4. The van der Waals surface area contributed by atoms with Gasteiger partial charge >= 0.3 is 0 Å². The van der Waals surface area contributed by atoms with Crippen molar-refractivity contribution in [1.29, 1.82) is 0 Å². The van der Waals surface area contributed by atoms with E-state index in [1.165, 1.54) is 18.2 Å². The molecule has 0 saturated heterocycles. The van der Waals surface area contributed by atoms with Crippen LogP contribution in [0.1, 0.15) is 26.7 Å². The number of anilines is 2. The summed E-state index contributed by atoms with van der Waals surface area (Å²) in [6, 6.07) is 4.00. The number of sulfonamides is 1. The molecule has 114 valence electrons.